The summed E-state index contributed by atoms with van der Waals surface area (Å²) in [6, 6.07) is -0.0600. The van der Waals surface area contributed by atoms with Crippen LogP contribution in [-0.2, 0) is 17.6 Å². The molecule has 1 saturated heterocycles. The first kappa shape index (κ1) is 16.5. The highest BCUT2D eigenvalue weighted by atomic mass is 16.3. The summed E-state index contributed by atoms with van der Waals surface area (Å²) in [7, 11) is 0. The third-order valence-corrected chi connectivity index (χ3v) is 6.12. The molecule has 2 aromatic rings. The third-order valence-electron chi connectivity index (χ3n) is 6.12. The fourth-order valence-electron chi connectivity index (χ4n) is 4.90. The van der Waals surface area contributed by atoms with E-state index in [1.165, 1.54) is 6.26 Å². The number of rotatable bonds is 2. The quantitative estimate of drug-likeness (QED) is 0.873. The number of H-pyrrole nitrogens is 1. The Balaban J connectivity index is 1.48. The van der Waals surface area contributed by atoms with Crippen molar-refractivity contribution in [2.45, 2.75) is 64.0 Å². The van der Waals surface area contributed by atoms with Crippen LogP contribution in [0.25, 0.3) is 0 Å². The number of fused-ring (bicyclic) bond motifs is 2. The van der Waals surface area contributed by atoms with Crippen LogP contribution in [0.4, 0.5) is 5.82 Å². The Morgan fingerprint density at radius 2 is 2.04 bits per heavy atom. The minimum atomic E-state index is -0.115. The lowest BCUT2D eigenvalue weighted by molar-refractivity contribution is -0.123. The molecule has 0 aromatic carbocycles. The summed E-state index contributed by atoms with van der Waals surface area (Å²) in [5.74, 6) is 0.875. The van der Waals surface area contributed by atoms with Crippen molar-refractivity contribution in [2.75, 3.05) is 11.4 Å². The van der Waals surface area contributed by atoms with Gasteiger partial charge in [-0.25, -0.2) is 0 Å². The number of hydrogen-bond acceptors (Lipinski definition) is 5. The first-order valence-corrected chi connectivity index (χ1v) is 9.75. The second kappa shape index (κ2) is 6.21. The highest BCUT2D eigenvalue weighted by Crippen LogP contribution is 2.35. The molecule has 1 aliphatic heterocycles. The van der Waals surface area contributed by atoms with Gasteiger partial charge in [0.1, 0.15) is 12.8 Å². The van der Waals surface area contributed by atoms with Gasteiger partial charge in [0.2, 0.25) is 5.91 Å². The number of hydrogen-bond donors (Lipinski definition) is 1. The summed E-state index contributed by atoms with van der Waals surface area (Å²) in [4.78, 5) is 34.2. The average Bonchev–Trinajstić information content (AvgIpc) is 3.37. The molecule has 1 saturated carbocycles. The standard InChI is InChI=1S/C19H23N5O3/c1-11-20-16(10-27-11)24-15-8-3-2-7-14(15)23(9-17(24)25)19(26)18-12-5-4-6-13(12)21-22-18/h10,14-15H,2-9H2,1H3,(H,21,22)/t14-,15-/m0/s1. The van der Waals surface area contributed by atoms with Gasteiger partial charge >= 0.3 is 0 Å². The number of oxazole rings is 1. The molecule has 2 aliphatic carbocycles. The molecule has 27 heavy (non-hydrogen) atoms. The zero-order valence-electron chi connectivity index (χ0n) is 15.4. The highest BCUT2D eigenvalue weighted by Gasteiger charge is 2.46. The fourth-order valence-corrected chi connectivity index (χ4v) is 4.90. The van der Waals surface area contributed by atoms with Gasteiger partial charge in [0.15, 0.2) is 17.4 Å². The highest BCUT2D eigenvalue weighted by molar-refractivity contribution is 6.02. The molecule has 2 amide bonds. The smallest absolute Gasteiger partial charge is 0.275 e. The van der Waals surface area contributed by atoms with Gasteiger partial charge in [-0.1, -0.05) is 12.8 Å². The van der Waals surface area contributed by atoms with Crippen molar-refractivity contribution < 1.29 is 14.0 Å². The maximum atomic E-state index is 13.3. The Morgan fingerprint density at radius 1 is 1.22 bits per heavy atom. The summed E-state index contributed by atoms with van der Waals surface area (Å²) in [6.45, 7) is 1.83. The topological polar surface area (TPSA) is 95.3 Å². The van der Waals surface area contributed by atoms with Gasteiger partial charge in [-0.2, -0.15) is 10.1 Å². The molecule has 0 radical (unpaired) electrons. The van der Waals surface area contributed by atoms with E-state index in [2.05, 4.69) is 15.2 Å². The van der Waals surface area contributed by atoms with Crippen LogP contribution in [0.2, 0.25) is 0 Å². The van der Waals surface area contributed by atoms with Crippen LogP contribution in [-0.4, -0.2) is 50.5 Å². The number of nitrogens with one attached hydrogen (secondary N) is 1. The molecule has 142 valence electrons. The number of nitrogens with zero attached hydrogens (tertiary/aromatic N) is 4. The summed E-state index contributed by atoms with van der Waals surface area (Å²) in [5, 5.41) is 7.30. The number of aromatic nitrogens is 3. The molecular formula is C19H23N5O3. The Morgan fingerprint density at radius 3 is 2.81 bits per heavy atom. The second-order valence-corrected chi connectivity index (χ2v) is 7.72. The lowest BCUT2D eigenvalue weighted by Gasteiger charge is -2.48. The third kappa shape index (κ3) is 2.57. The van der Waals surface area contributed by atoms with Crippen molar-refractivity contribution >= 4 is 17.6 Å². The van der Waals surface area contributed by atoms with Gasteiger partial charge in [0.05, 0.1) is 12.1 Å². The van der Waals surface area contributed by atoms with Crippen LogP contribution in [0, 0.1) is 6.92 Å². The van der Waals surface area contributed by atoms with Crippen molar-refractivity contribution in [1.82, 2.24) is 20.1 Å². The van der Waals surface area contributed by atoms with Gasteiger partial charge in [-0.3, -0.25) is 19.6 Å². The van der Waals surface area contributed by atoms with Gasteiger partial charge in [-0.05, 0) is 32.1 Å². The molecule has 0 unspecified atom stereocenters. The second-order valence-electron chi connectivity index (χ2n) is 7.72. The van der Waals surface area contributed by atoms with Crippen LogP contribution in [0.3, 0.4) is 0 Å². The summed E-state index contributed by atoms with van der Waals surface area (Å²) in [6.07, 6.45) is 8.28. The number of piperazine rings is 1. The normalized spacial score (nSPS) is 24.9. The Labute approximate surface area is 156 Å². The maximum absolute atomic E-state index is 13.3. The molecule has 3 heterocycles. The monoisotopic (exact) mass is 369 g/mol. The minimum absolute atomic E-state index is 0.00490. The molecule has 2 fully saturated rings. The van der Waals surface area contributed by atoms with Crippen LogP contribution >= 0.6 is 0 Å². The van der Waals surface area contributed by atoms with Crippen LogP contribution in [0.1, 0.15) is 59.7 Å². The van der Waals surface area contributed by atoms with E-state index in [0.717, 1.165) is 56.2 Å². The molecule has 2 atom stereocenters. The van der Waals surface area contributed by atoms with Crippen molar-refractivity contribution in [3.63, 3.8) is 0 Å². The summed E-state index contributed by atoms with van der Waals surface area (Å²) < 4.78 is 5.33. The predicted octanol–water partition coefficient (Wildman–Crippen LogP) is 2.00. The molecule has 3 aliphatic rings. The number of aromatic amines is 1. The average molecular weight is 369 g/mol. The van der Waals surface area contributed by atoms with Gasteiger partial charge in [0, 0.05) is 18.2 Å². The Bertz CT molecular complexity index is 901. The number of carbonyl (C=O) groups is 2. The van der Waals surface area contributed by atoms with Crippen molar-refractivity contribution in [3.8, 4) is 0 Å². The largest absolute Gasteiger partial charge is 0.447 e. The zero-order chi connectivity index (χ0) is 18.5. The molecule has 0 bridgehead atoms. The number of carbonyl (C=O) groups excluding carboxylic acids is 2. The van der Waals surface area contributed by atoms with Gasteiger partial charge in [-0.15, -0.1) is 0 Å². The van der Waals surface area contributed by atoms with E-state index in [0.29, 0.717) is 17.4 Å². The van der Waals surface area contributed by atoms with Gasteiger partial charge in [0.25, 0.3) is 5.91 Å². The molecule has 1 N–H and O–H groups in total. The van der Waals surface area contributed by atoms with E-state index in [-0.39, 0.29) is 30.4 Å². The lowest BCUT2D eigenvalue weighted by Crippen LogP contribution is -2.64. The lowest BCUT2D eigenvalue weighted by atomic mass is 9.85. The zero-order valence-corrected chi connectivity index (χ0v) is 15.4. The number of amides is 2. The molecular weight excluding hydrogens is 346 g/mol. The first-order valence-electron chi connectivity index (χ1n) is 9.75. The molecule has 2 aromatic heterocycles. The summed E-state index contributed by atoms with van der Waals surface area (Å²) in [5.41, 5.74) is 2.61. The van der Waals surface area contributed by atoms with Gasteiger partial charge < -0.3 is 9.32 Å². The van der Waals surface area contributed by atoms with Crippen LogP contribution < -0.4 is 4.90 Å². The van der Waals surface area contributed by atoms with E-state index in [1.807, 2.05) is 0 Å². The Kier molecular flexibility index (Phi) is 3.80. The molecule has 5 rings (SSSR count). The number of aryl methyl sites for hydroxylation is 2. The number of anilines is 1. The predicted molar refractivity (Wildman–Crippen MR) is 96.4 cm³/mol. The van der Waals surface area contributed by atoms with E-state index in [9.17, 15) is 9.59 Å². The van der Waals surface area contributed by atoms with E-state index in [1.54, 1.807) is 16.7 Å². The van der Waals surface area contributed by atoms with E-state index in [4.69, 9.17) is 4.42 Å². The molecule has 8 heteroatoms. The SMILES string of the molecule is Cc1nc(N2C(=O)CN(C(=O)c3n[nH]c4c3CCC4)[C@H]3CCCC[C@@H]32)co1. The first-order chi connectivity index (χ1) is 13.1. The van der Waals surface area contributed by atoms with E-state index >= 15 is 0 Å². The van der Waals surface area contributed by atoms with Crippen molar-refractivity contribution in [1.29, 1.82) is 0 Å². The fraction of sp³-hybridized carbons (Fsp3) is 0.579. The molecule has 0 spiro atoms. The molecule has 8 nitrogen and oxygen atoms in total. The maximum Gasteiger partial charge on any atom is 0.275 e. The summed E-state index contributed by atoms with van der Waals surface area (Å²) >= 11 is 0. The van der Waals surface area contributed by atoms with Crippen molar-refractivity contribution in [3.05, 3.63) is 29.1 Å². The van der Waals surface area contributed by atoms with Crippen molar-refractivity contribution in [2.24, 2.45) is 0 Å². The van der Waals surface area contributed by atoms with Crippen LogP contribution in [0.15, 0.2) is 10.7 Å². The van der Waals surface area contributed by atoms with Crippen LogP contribution in [0.5, 0.6) is 0 Å². The minimum Gasteiger partial charge on any atom is -0.447 e. The van der Waals surface area contributed by atoms with E-state index < -0.39 is 0 Å². The Hall–Kier alpha value is -2.64.